The average Bonchev–Trinajstić information content (AvgIpc) is 2.97. The Kier molecular flexibility index (Phi) is 4.49. The van der Waals surface area contributed by atoms with Crippen LogP contribution < -0.4 is 14.8 Å². The Labute approximate surface area is 145 Å². The van der Waals surface area contributed by atoms with Crippen molar-refractivity contribution in [2.45, 2.75) is 0 Å². The van der Waals surface area contributed by atoms with Crippen LogP contribution in [0.2, 0.25) is 0 Å². The smallest absolute Gasteiger partial charge is 0.265 e. The van der Waals surface area contributed by atoms with Crippen molar-refractivity contribution in [1.82, 2.24) is 4.98 Å². The number of carbonyl (C=O) groups is 1. The fourth-order valence-corrected chi connectivity index (χ4v) is 3.68. The van der Waals surface area contributed by atoms with E-state index in [0.717, 1.165) is 14.7 Å². The van der Waals surface area contributed by atoms with Crippen LogP contribution in [0.4, 0.5) is 5.13 Å². The van der Waals surface area contributed by atoms with Gasteiger partial charge in [-0.25, -0.2) is 4.98 Å². The van der Waals surface area contributed by atoms with Crippen molar-refractivity contribution < 1.29 is 14.3 Å². The summed E-state index contributed by atoms with van der Waals surface area (Å²) in [4.78, 5) is 17.1. The van der Waals surface area contributed by atoms with E-state index < -0.39 is 0 Å². The van der Waals surface area contributed by atoms with Gasteiger partial charge in [0.05, 0.1) is 24.4 Å². The number of aromatic nitrogens is 1. The molecule has 0 saturated heterocycles. The van der Waals surface area contributed by atoms with Gasteiger partial charge in [-0.2, -0.15) is 0 Å². The summed E-state index contributed by atoms with van der Waals surface area (Å²) in [5, 5.41) is 3.33. The number of hydrogen-bond acceptors (Lipinski definition) is 5. The molecule has 3 aromatic rings. The molecule has 0 saturated carbocycles. The summed E-state index contributed by atoms with van der Waals surface area (Å²) in [6.07, 6.45) is 0. The van der Waals surface area contributed by atoms with Gasteiger partial charge in [-0.05, 0) is 40.2 Å². The Morgan fingerprint density at radius 1 is 1.13 bits per heavy atom. The lowest BCUT2D eigenvalue weighted by atomic mass is 10.1. The van der Waals surface area contributed by atoms with Gasteiger partial charge >= 0.3 is 0 Å². The predicted molar refractivity (Wildman–Crippen MR) is 94.8 cm³/mol. The molecule has 0 spiro atoms. The highest BCUT2D eigenvalue weighted by Crippen LogP contribution is 2.33. The minimum atomic E-state index is -0.325. The van der Waals surface area contributed by atoms with Gasteiger partial charge in [0, 0.05) is 4.47 Å². The first-order valence-corrected chi connectivity index (χ1v) is 8.32. The zero-order valence-electron chi connectivity index (χ0n) is 12.4. The van der Waals surface area contributed by atoms with Crippen LogP contribution in [0.15, 0.2) is 40.9 Å². The molecule has 1 aromatic heterocycles. The van der Waals surface area contributed by atoms with E-state index in [2.05, 4.69) is 26.2 Å². The van der Waals surface area contributed by atoms with Gasteiger partial charge in [-0.15, -0.1) is 0 Å². The second-order valence-corrected chi connectivity index (χ2v) is 6.48. The Morgan fingerprint density at radius 3 is 2.39 bits per heavy atom. The van der Waals surface area contributed by atoms with Crippen LogP contribution in [-0.2, 0) is 0 Å². The number of nitrogens with zero attached hydrogens (tertiary/aromatic N) is 1. The van der Waals surface area contributed by atoms with Crippen molar-refractivity contribution in [2.24, 2.45) is 0 Å². The number of benzene rings is 2. The molecule has 2 aromatic carbocycles. The summed E-state index contributed by atoms with van der Waals surface area (Å²) < 4.78 is 12.4. The standard InChI is InChI=1S/C16H13BrN2O3S/c1-21-10-6-4-7-11(22-2)13(10)15(20)19-16-18-14-9(17)5-3-8-12(14)23-16/h3-8H,1-2H3,(H,18,19,20). The lowest BCUT2D eigenvalue weighted by Gasteiger charge is -2.11. The second kappa shape index (κ2) is 6.55. The number of ether oxygens (including phenoxy) is 2. The zero-order valence-corrected chi connectivity index (χ0v) is 14.8. The molecule has 118 valence electrons. The van der Waals surface area contributed by atoms with E-state index in [1.807, 2.05) is 18.2 Å². The van der Waals surface area contributed by atoms with Crippen LogP contribution in [0.5, 0.6) is 11.5 Å². The van der Waals surface area contributed by atoms with Gasteiger partial charge in [-0.1, -0.05) is 23.5 Å². The van der Waals surface area contributed by atoms with Crippen molar-refractivity contribution in [3.63, 3.8) is 0 Å². The fraction of sp³-hybridized carbons (Fsp3) is 0.125. The molecule has 1 N–H and O–H groups in total. The molecule has 3 rings (SSSR count). The number of anilines is 1. The summed E-state index contributed by atoms with van der Waals surface area (Å²) in [5.74, 6) is 0.572. The van der Waals surface area contributed by atoms with Gasteiger partial charge in [0.1, 0.15) is 17.1 Å². The van der Waals surface area contributed by atoms with E-state index in [-0.39, 0.29) is 5.91 Å². The molecular weight excluding hydrogens is 380 g/mol. The van der Waals surface area contributed by atoms with Crippen molar-refractivity contribution in [3.8, 4) is 11.5 Å². The summed E-state index contributed by atoms with van der Waals surface area (Å²) in [7, 11) is 3.03. The highest BCUT2D eigenvalue weighted by molar-refractivity contribution is 9.10. The molecule has 0 aliphatic rings. The molecule has 0 radical (unpaired) electrons. The molecule has 5 nitrogen and oxygen atoms in total. The number of carbonyl (C=O) groups excluding carboxylic acids is 1. The molecule has 0 aliphatic heterocycles. The molecule has 0 atom stereocenters. The number of para-hydroxylation sites is 1. The van der Waals surface area contributed by atoms with Crippen LogP contribution in [0.1, 0.15) is 10.4 Å². The van der Waals surface area contributed by atoms with Crippen LogP contribution in [0.3, 0.4) is 0 Å². The van der Waals surface area contributed by atoms with E-state index in [4.69, 9.17) is 9.47 Å². The molecule has 1 heterocycles. The molecule has 23 heavy (non-hydrogen) atoms. The molecule has 0 unspecified atom stereocenters. The third-order valence-corrected chi connectivity index (χ3v) is 4.82. The molecular formula is C16H13BrN2O3S. The van der Waals surface area contributed by atoms with Crippen molar-refractivity contribution in [3.05, 3.63) is 46.4 Å². The van der Waals surface area contributed by atoms with E-state index in [9.17, 15) is 4.79 Å². The normalized spacial score (nSPS) is 10.6. The Morgan fingerprint density at radius 2 is 1.78 bits per heavy atom. The average molecular weight is 393 g/mol. The second-order valence-electron chi connectivity index (χ2n) is 4.60. The third kappa shape index (κ3) is 3.02. The van der Waals surface area contributed by atoms with E-state index in [0.29, 0.717) is 22.2 Å². The fourth-order valence-electron chi connectivity index (χ4n) is 2.20. The van der Waals surface area contributed by atoms with Crippen molar-refractivity contribution in [2.75, 3.05) is 19.5 Å². The number of halogens is 1. The maximum atomic E-state index is 12.6. The lowest BCUT2D eigenvalue weighted by Crippen LogP contribution is -2.14. The number of rotatable bonds is 4. The van der Waals surface area contributed by atoms with E-state index >= 15 is 0 Å². The minimum absolute atomic E-state index is 0.325. The van der Waals surface area contributed by atoms with Gasteiger partial charge in [0.15, 0.2) is 5.13 Å². The Hall–Kier alpha value is -2.12. The maximum absolute atomic E-state index is 12.6. The molecule has 1 amide bonds. The Balaban J connectivity index is 1.96. The van der Waals surface area contributed by atoms with Crippen molar-refractivity contribution >= 4 is 48.5 Å². The number of amides is 1. The number of thiazole rings is 1. The lowest BCUT2D eigenvalue weighted by molar-refractivity contribution is 0.102. The Bertz CT molecular complexity index is 857. The van der Waals surface area contributed by atoms with Gasteiger partial charge in [0.2, 0.25) is 0 Å². The molecule has 7 heteroatoms. The highest BCUT2D eigenvalue weighted by atomic mass is 79.9. The van der Waals surface area contributed by atoms with Crippen LogP contribution in [-0.4, -0.2) is 25.1 Å². The van der Waals surface area contributed by atoms with Crippen LogP contribution in [0, 0.1) is 0 Å². The predicted octanol–water partition coefficient (Wildman–Crippen LogP) is 4.33. The molecule has 0 fully saturated rings. The molecule has 0 aliphatic carbocycles. The summed E-state index contributed by atoms with van der Waals surface area (Å²) in [5.41, 5.74) is 1.16. The number of fused-ring (bicyclic) bond motifs is 1. The van der Waals surface area contributed by atoms with Gasteiger partial charge in [0.25, 0.3) is 5.91 Å². The van der Waals surface area contributed by atoms with Crippen LogP contribution in [0.25, 0.3) is 10.2 Å². The number of nitrogens with one attached hydrogen (secondary N) is 1. The quantitative estimate of drug-likeness (QED) is 0.717. The number of methoxy groups -OCH3 is 2. The van der Waals surface area contributed by atoms with E-state index in [1.165, 1.54) is 25.6 Å². The van der Waals surface area contributed by atoms with Gasteiger partial charge in [-0.3, -0.25) is 10.1 Å². The van der Waals surface area contributed by atoms with E-state index in [1.54, 1.807) is 18.2 Å². The van der Waals surface area contributed by atoms with Crippen molar-refractivity contribution in [1.29, 1.82) is 0 Å². The summed E-state index contributed by atoms with van der Waals surface area (Å²) in [6, 6.07) is 11.0. The zero-order chi connectivity index (χ0) is 16.4. The molecule has 0 bridgehead atoms. The number of hydrogen-bond donors (Lipinski definition) is 1. The van der Waals surface area contributed by atoms with Gasteiger partial charge < -0.3 is 9.47 Å². The maximum Gasteiger partial charge on any atom is 0.265 e. The first kappa shape index (κ1) is 15.8. The SMILES string of the molecule is COc1cccc(OC)c1C(=O)Nc1nc2c(Br)cccc2s1. The minimum Gasteiger partial charge on any atom is -0.496 e. The summed E-state index contributed by atoms with van der Waals surface area (Å²) in [6.45, 7) is 0. The first-order valence-electron chi connectivity index (χ1n) is 6.71. The summed E-state index contributed by atoms with van der Waals surface area (Å²) >= 11 is 4.87. The third-order valence-electron chi connectivity index (χ3n) is 3.25. The highest BCUT2D eigenvalue weighted by Gasteiger charge is 2.19. The van der Waals surface area contributed by atoms with Crippen LogP contribution >= 0.6 is 27.3 Å². The largest absolute Gasteiger partial charge is 0.496 e. The monoisotopic (exact) mass is 392 g/mol. The first-order chi connectivity index (χ1) is 11.1. The topological polar surface area (TPSA) is 60.5 Å².